The Morgan fingerprint density at radius 1 is 0.824 bits per heavy atom. The van der Waals surface area contributed by atoms with Gasteiger partial charge in [-0.1, -0.05) is 0 Å². The van der Waals surface area contributed by atoms with E-state index in [0.29, 0.717) is 0 Å². The predicted molar refractivity (Wildman–Crippen MR) is 71.5 cm³/mol. The molecule has 0 N–H and O–H groups in total. The molecule has 0 aliphatic carbocycles. The molecule has 0 rings (SSSR count). The van der Waals surface area contributed by atoms with Crippen LogP contribution in [0.4, 0.5) is 0 Å². The van der Waals surface area contributed by atoms with Gasteiger partial charge in [0.2, 0.25) is 0 Å². The third-order valence-electron chi connectivity index (χ3n) is 1.28. The molecule has 0 fully saturated rings. The van der Waals surface area contributed by atoms with E-state index in [2.05, 4.69) is 37.9 Å². The van der Waals surface area contributed by atoms with Crippen molar-refractivity contribution in [3.8, 4) is 0 Å². The first-order valence-corrected chi connectivity index (χ1v) is 12.6. The maximum absolute atomic E-state index is 11.1. The fourth-order valence-electron chi connectivity index (χ4n) is 0.780. The standard InChI is InChI=1S/3C2H4O2S.CH3.Sn/c3*3-2(4)1-5;;/h3*5H,1H2,(H,3,4);1H3;/q;;;;+3/p-3. The topological polar surface area (TPSA) is 78.9 Å². The van der Waals surface area contributed by atoms with Crippen LogP contribution in [0.3, 0.4) is 0 Å². The molecule has 0 aromatic carbocycles. The summed E-state index contributed by atoms with van der Waals surface area (Å²) in [6.45, 7) is 0. The molecule has 10 heteroatoms. The summed E-state index contributed by atoms with van der Waals surface area (Å²) >= 11 is 6.61. The first kappa shape index (κ1) is 17.3. The minimum atomic E-state index is -4.50. The number of thiol groups is 3. The van der Waals surface area contributed by atoms with E-state index in [4.69, 9.17) is 9.22 Å². The van der Waals surface area contributed by atoms with Crippen molar-refractivity contribution in [2.75, 3.05) is 17.3 Å². The Bertz CT molecular complexity index is 264. The van der Waals surface area contributed by atoms with E-state index >= 15 is 0 Å². The van der Waals surface area contributed by atoms with Crippen molar-refractivity contribution < 1.29 is 23.6 Å². The molecule has 98 valence electrons. The number of hydrogen-bond donors (Lipinski definition) is 3. The summed E-state index contributed by atoms with van der Waals surface area (Å²) in [4.78, 5) is 34.6. The molecule has 6 nitrogen and oxygen atoms in total. The molecule has 0 heterocycles. The second-order valence-corrected chi connectivity index (χ2v) is 10.4. The van der Waals surface area contributed by atoms with E-state index < -0.39 is 37.5 Å². The van der Waals surface area contributed by atoms with E-state index in [1.54, 1.807) is 0 Å². The van der Waals surface area contributed by atoms with Gasteiger partial charge in [0.25, 0.3) is 0 Å². The van der Waals surface area contributed by atoms with E-state index in [9.17, 15) is 14.4 Å². The molecule has 0 aromatic heterocycles. The fraction of sp³-hybridized carbons (Fsp3) is 0.571. The number of hydrogen-bond acceptors (Lipinski definition) is 9. The summed E-state index contributed by atoms with van der Waals surface area (Å²) in [6, 6.07) is 0. The van der Waals surface area contributed by atoms with Crippen LogP contribution >= 0.6 is 37.9 Å². The van der Waals surface area contributed by atoms with Crippen molar-refractivity contribution in [3.63, 3.8) is 0 Å². The SMILES string of the molecule is [CH3][Sn]([O]C(=O)CS)([O]C(=O)CS)[O]C(=O)CS. The average Bonchev–Trinajstić information content (AvgIpc) is 2.27. The molecule has 0 spiro atoms. The van der Waals surface area contributed by atoms with Crippen LogP contribution in [0.2, 0.25) is 4.94 Å². The molecule has 0 aliphatic heterocycles. The van der Waals surface area contributed by atoms with Gasteiger partial charge < -0.3 is 0 Å². The van der Waals surface area contributed by atoms with Crippen LogP contribution in [0.25, 0.3) is 0 Å². The summed E-state index contributed by atoms with van der Waals surface area (Å²) in [5, 5.41) is 0. The van der Waals surface area contributed by atoms with Crippen molar-refractivity contribution >= 4 is 75.4 Å². The van der Waals surface area contributed by atoms with Gasteiger partial charge in [-0.05, 0) is 0 Å². The number of carbonyl (C=O) groups is 3. The molecule has 0 amide bonds. The van der Waals surface area contributed by atoms with E-state index in [0.717, 1.165) is 0 Å². The van der Waals surface area contributed by atoms with Gasteiger partial charge in [-0.3, -0.25) is 0 Å². The van der Waals surface area contributed by atoms with Gasteiger partial charge in [-0.25, -0.2) is 0 Å². The molecular weight excluding hydrogens is 395 g/mol. The number of rotatable bonds is 6. The van der Waals surface area contributed by atoms with E-state index in [1.165, 1.54) is 4.94 Å². The van der Waals surface area contributed by atoms with Gasteiger partial charge >= 0.3 is 121 Å². The molecule has 0 radical (unpaired) electrons. The van der Waals surface area contributed by atoms with Gasteiger partial charge in [-0.2, -0.15) is 0 Å². The monoisotopic (exact) mass is 408 g/mol. The normalized spacial score (nSPS) is 10.6. The molecular formula is C7H12O6S3Sn. The van der Waals surface area contributed by atoms with Crippen LogP contribution < -0.4 is 0 Å². The summed E-state index contributed by atoms with van der Waals surface area (Å²) in [7, 11) is 0. The summed E-state index contributed by atoms with van der Waals surface area (Å²) in [5.74, 6) is -2.77. The quantitative estimate of drug-likeness (QED) is 0.425. The summed E-state index contributed by atoms with van der Waals surface area (Å²) < 4.78 is 14.6. The second kappa shape index (κ2) is 8.38. The van der Waals surface area contributed by atoms with Crippen molar-refractivity contribution in [1.29, 1.82) is 0 Å². The molecule has 0 aromatic rings. The first-order chi connectivity index (χ1) is 7.86. The molecule has 0 saturated heterocycles. The molecule has 0 saturated carbocycles. The maximum atomic E-state index is 11.1. The van der Waals surface area contributed by atoms with Crippen molar-refractivity contribution in [2.24, 2.45) is 0 Å². The minimum absolute atomic E-state index is 0.205. The van der Waals surface area contributed by atoms with E-state index in [-0.39, 0.29) is 17.3 Å². The zero-order valence-electron chi connectivity index (χ0n) is 8.91. The third-order valence-corrected chi connectivity index (χ3v) is 7.18. The Balaban J connectivity index is 4.72. The molecule has 0 aliphatic rings. The van der Waals surface area contributed by atoms with Crippen molar-refractivity contribution in [1.82, 2.24) is 0 Å². The van der Waals surface area contributed by atoms with Crippen LogP contribution in [0, 0.1) is 0 Å². The van der Waals surface area contributed by atoms with Gasteiger partial charge in [0.15, 0.2) is 0 Å². The van der Waals surface area contributed by atoms with Crippen molar-refractivity contribution in [2.45, 2.75) is 4.94 Å². The molecule has 0 unspecified atom stereocenters. The van der Waals surface area contributed by atoms with Gasteiger partial charge in [0.05, 0.1) is 0 Å². The summed E-state index contributed by atoms with van der Waals surface area (Å²) in [5.41, 5.74) is 0. The van der Waals surface area contributed by atoms with Crippen LogP contribution in [-0.4, -0.2) is 54.8 Å². The van der Waals surface area contributed by atoms with Crippen LogP contribution in [-0.2, 0) is 23.6 Å². The Labute approximate surface area is 120 Å². The Morgan fingerprint density at radius 3 is 1.24 bits per heavy atom. The average molecular weight is 407 g/mol. The second-order valence-electron chi connectivity index (χ2n) is 2.76. The van der Waals surface area contributed by atoms with E-state index in [1.807, 2.05) is 0 Å². The van der Waals surface area contributed by atoms with Crippen molar-refractivity contribution in [3.05, 3.63) is 0 Å². The zero-order valence-corrected chi connectivity index (χ0v) is 14.4. The Morgan fingerprint density at radius 2 is 1.06 bits per heavy atom. The van der Waals surface area contributed by atoms with Gasteiger partial charge in [-0.15, -0.1) is 0 Å². The zero-order chi connectivity index (χ0) is 13.5. The first-order valence-electron chi connectivity index (χ1n) is 4.35. The Hall–Kier alpha value is 0.259. The molecule has 0 atom stereocenters. The summed E-state index contributed by atoms with van der Waals surface area (Å²) in [6.07, 6.45) is 0. The Kier molecular flexibility index (Phi) is 8.50. The molecule has 17 heavy (non-hydrogen) atoms. The fourth-order valence-corrected chi connectivity index (χ4v) is 6.53. The predicted octanol–water partition coefficient (Wildman–Crippen LogP) is -0.0259. The molecule has 0 bridgehead atoms. The third kappa shape index (κ3) is 7.31. The number of carbonyl (C=O) groups excluding carboxylic acids is 3. The van der Waals surface area contributed by atoms with Gasteiger partial charge in [0.1, 0.15) is 0 Å². The van der Waals surface area contributed by atoms with Crippen LogP contribution in [0.5, 0.6) is 0 Å². The van der Waals surface area contributed by atoms with Gasteiger partial charge in [0, 0.05) is 0 Å². The van der Waals surface area contributed by atoms with Crippen LogP contribution in [0.1, 0.15) is 0 Å². The van der Waals surface area contributed by atoms with Crippen LogP contribution in [0.15, 0.2) is 0 Å².